The molecule has 74 valence electrons. The van der Waals surface area contributed by atoms with Gasteiger partial charge in [0.15, 0.2) is 0 Å². The molecule has 0 aliphatic carbocycles. The Hall–Kier alpha value is -0.0800. The summed E-state index contributed by atoms with van der Waals surface area (Å²) in [6, 6.07) is 0. The molecule has 0 aliphatic heterocycles. The molecule has 2 heteroatoms. The van der Waals surface area contributed by atoms with Gasteiger partial charge in [-0.05, 0) is 19.8 Å². The first-order valence-corrected chi connectivity index (χ1v) is 4.96. The smallest absolute Gasteiger partial charge is 0.0826 e. The zero-order valence-corrected chi connectivity index (χ0v) is 8.71. The van der Waals surface area contributed by atoms with E-state index in [0.717, 1.165) is 12.8 Å². The Morgan fingerprint density at radius 3 is 2.00 bits per heavy atom. The first-order valence-electron chi connectivity index (χ1n) is 4.96. The number of aliphatic hydroxyl groups is 1. The average Bonchev–Trinajstić information content (AvgIpc) is 2.07. The van der Waals surface area contributed by atoms with Crippen LogP contribution in [0.25, 0.3) is 0 Å². The molecule has 1 N–H and O–H groups in total. The van der Waals surface area contributed by atoms with E-state index in [9.17, 15) is 5.11 Å². The van der Waals surface area contributed by atoms with Crippen molar-refractivity contribution in [2.75, 3.05) is 6.61 Å². The van der Waals surface area contributed by atoms with Gasteiger partial charge in [0.05, 0.1) is 12.2 Å². The molecule has 12 heavy (non-hydrogen) atoms. The van der Waals surface area contributed by atoms with E-state index in [0.29, 0.717) is 12.5 Å². The molecule has 0 aliphatic rings. The summed E-state index contributed by atoms with van der Waals surface area (Å²) in [6.45, 7) is 8.78. The maximum Gasteiger partial charge on any atom is 0.0826 e. The summed E-state index contributed by atoms with van der Waals surface area (Å²) in [7, 11) is 0. The molecule has 0 saturated heterocycles. The molecule has 0 amide bonds. The summed E-state index contributed by atoms with van der Waals surface area (Å²) in [5.74, 6) is 0.381. The zero-order chi connectivity index (χ0) is 9.56. The van der Waals surface area contributed by atoms with Gasteiger partial charge in [0.1, 0.15) is 0 Å². The van der Waals surface area contributed by atoms with E-state index < -0.39 is 0 Å². The van der Waals surface area contributed by atoms with Crippen LogP contribution in [-0.4, -0.2) is 23.9 Å². The quantitative estimate of drug-likeness (QED) is 0.669. The predicted molar refractivity (Wildman–Crippen MR) is 51.2 cm³/mol. The highest BCUT2D eigenvalue weighted by Crippen LogP contribution is 2.17. The van der Waals surface area contributed by atoms with E-state index in [1.165, 1.54) is 0 Å². The van der Waals surface area contributed by atoms with Crippen LogP contribution >= 0.6 is 0 Å². The van der Waals surface area contributed by atoms with Gasteiger partial charge in [-0.1, -0.05) is 26.7 Å². The lowest BCUT2D eigenvalue weighted by Gasteiger charge is -2.25. The van der Waals surface area contributed by atoms with Gasteiger partial charge in [-0.25, -0.2) is 0 Å². The van der Waals surface area contributed by atoms with E-state index >= 15 is 0 Å². The molecular weight excluding hydrogens is 152 g/mol. The molecule has 2 nitrogen and oxygen atoms in total. The molecule has 0 radical (unpaired) electrons. The Morgan fingerprint density at radius 1 is 1.17 bits per heavy atom. The monoisotopic (exact) mass is 174 g/mol. The molecule has 2 atom stereocenters. The zero-order valence-electron chi connectivity index (χ0n) is 8.71. The van der Waals surface area contributed by atoms with Crippen molar-refractivity contribution in [3.8, 4) is 0 Å². The fraction of sp³-hybridized carbons (Fsp3) is 1.00. The van der Waals surface area contributed by atoms with Crippen molar-refractivity contribution in [3.63, 3.8) is 0 Å². The van der Waals surface area contributed by atoms with Gasteiger partial charge in [0, 0.05) is 6.61 Å². The topological polar surface area (TPSA) is 29.5 Å². The summed E-state index contributed by atoms with van der Waals surface area (Å²) in [5, 5.41) is 9.78. The lowest BCUT2D eigenvalue weighted by molar-refractivity contribution is -0.0498. The van der Waals surface area contributed by atoms with Crippen LogP contribution < -0.4 is 0 Å². The molecule has 0 saturated carbocycles. The first kappa shape index (κ1) is 11.9. The van der Waals surface area contributed by atoms with E-state index in [1.807, 2.05) is 13.8 Å². The van der Waals surface area contributed by atoms with Gasteiger partial charge in [0.25, 0.3) is 0 Å². The molecule has 0 aromatic heterocycles. The van der Waals surface area contributed by atoms with Crippen molar-refractivity contribution in [2.24, 2.45) is 5.92 Å². The average molecular weight is 174 g/mol. The second kappa shape index (κ2) is 6.44. The highest BCUT2D eigenvalue weighted by Gasteiger charge is 2.21. The maximum atomic E-state index is 9.78. The van der Waals surface area contributed by atoms with Crippen molar-refractivity contribution in [1.82, 2.24) is 0 Å². The van der Waals surface area contributed by atoms with Crippen LogP contribution in [0, 0.1) is 5.92 Å². The molecule has 0 heterocycles. The third kappa shape index (κ3) is 3.55. The van der Waals surface area contributed by atoms with Crippen LogP contribution in [0.15, 0.2) is 0 Å². The Kier molecular flexibility index (Phi) is 6.39. The minimum Gasteiger partial charge on any atom is -0.390 e. The minimum absolute atomic E-state index is 0.0279. The minimum atomic E-state index is -0.306. The summed E-state index contributed by atoms with van der Waals surface area (Å²) >= 11 is 0. The van der Waals surface area contributed by atoms with Crippen LogP contribution in [-0.2, 0) is 4.74 Å². The Balaban J connectivity index is 3.87. The lowest BCUT2D eigenvalue weighted by atomic mass is 9.93. The van der Waals surface area contributed by atoms with E-state index in [1.54, 1.807) is 0 Å². The second-order valence-electron chi connectivity index (χ2n) is 3.23. The molecule has 0 spiro atoms. The fourth-order valence-electron chi connectivity index (χ4n) is 1.52. The number of hydrogen-bond donors (Lipinski definition) is 1. The van der Waals surface area contributed by atoms with E-state index in [4.69, 9.17) is 4.74 Å². The fourth-order valence-corrected chi connectivity index (χ4v) is 1.52. The first-order chi connectivity index (χ1) is 5.67. The lowest BCUT2D eigenvalue weighted by Crippen LogP contribution is -2.32. The number of ether oxygens (including phenoxy) is 1. The number of aliphatic hydroxyl groups excluding tert-OH is 1. The van der Waals surface area contributed by atoms with Gasteiger partial charge in [-0.3, -0.25) is 0 Å². The van der Waals surface area contributed by atoms with Crippen LogP contribution in [0.5, 0.6) is 0 Å². The van der Waals surface area contributed by atoms with Crippen LogP contribution in [0.3, 0.4) is 0 Å². The van der Waals surface area contributed by atoms with Gasteiger partial charge in [-0.2, -0.15) is 0 Å². The molecule has 2 unspecified atom stereocenters. The molecule has 0 fully saturated rings. The van der Waals surface area contributed by atoms with Crippen LogP contribution in [0.1, 0.15) is 40.5 Å². The van der Waals surface area contributed by atoms with Gasteiger partial charge in [-0.15, -0.1) is 0 Å². The largest absolute Gasteiger partial charge is 0.390 e. The van der Waals surface area contributed by atoms with Crippen molar-refractivity contribution >= 4 is 0 Å². The summed E-state index contributed by atoms with van der Waals surface area (Å²) in [6.07, 6.45) is 1.71. The summed E-state index contributed by atoms with van der Waals surface area (Å²) in [5.41, 5.74) is 0. The normalized spacial score (nSPS) is 16.5. The van der Waals surface area contributed by atoms with Gasteiger partial charge in [0.2, 0.25) is 0 Å². The van der Waals surface area contributed by atoms with Crippen molar-refractivity contribution < 1.29 is 9.84 Å². The maximum absolute atomic E-state index is 9.78. The SMILES string of the molecule is CCOC(C)C(O)C(CC)CC. The van der Waals surface area contributed by atoms with Crippen LogP contribution in [0.4, 0.5) is 0 Å². The van der Waals surface area contributed by atoms with Gasteiger partial charge < -0.3 is 9.84 Å². The number of rotatable bonds is 6. The predicted octanol–water partition coefficient (Wildman–Crippen LogP) is 2.21. The third-order valence-corrected chi connectivity index (χ3v) is 2.44. The highest BCUT2D eigenvalue weighted by atomic mass is 16.5. The van der Waals surface area contributed by atoms with Crippen molar-refractivity contribution in [1.29, 1.82) is 0 Å². The molecule has 0 bridgehead atoms. The van der Waals surface area contributed by atoms with Crippen molar-refractivity contribution in [2.45, 2.75) is 52.7 Å². The molecule has 0 aromatic rings. The molecule has 0 aromatic carbocycles. The molecular formula is C10H22O2. The summed E-state index contributed by atoms with van der Waals surface area (Å²) in [4.78, 5) is 0. The van der Waals surface area contributed by atoms with Crippen molar-refractivity contribution in [3.05, 3.63) is 0 Å². The Morgan fingerprint density at radius 2 is 1.67 bits per heavy atom. The molecule has 0 rings (SSSR count). The summed E-state index contributed by atoms with van der Waals surface area (Å²) < 4.78 is 5.34. The number of hydrogen-bond acceptors (Lipinski definition) is 2. The van der Waals surface area contributed by atoms with E-state index in [-0.39, 0.29) is 12.2 Å². The van der Waals surface area contributed by atoms with Gasteiger partial charge >= 0.3 is 0 Å². The standard InChI is InChI=1S/C10H22O2/c1-5-9(6-2)10(11)8(4)12-7-3/h8-11H,5-7H2,1-4H3. The highest BCUT2D eigenvalue weighted by molar-refractivity contribution is 4.72. The van der Waals surface area contributed by atoms with E-state index in [2.05, 4.69) is 13.8 Å². The second-order valence-corrected chi connectivity index (χ2v) is 3.23. The Labute approximate surface area is 75.9 Å². The van der Waals surface area contributed by atoms with Crippen LogP contribution in [0.2, 0.25) is 0 Å². The third-order valence-electron chi connectivity index (χ3n) is 2.44. The Bertz CT molecular complexity index is 100.